The number of carboxylic acids is 1. The molecule has 1 unspecified atom stereocenters. The van der Waals surface area contributed by atoms with Gasteiger partial charge in [0.05, 0.1) is 23.3 Å². The van der Waals surface area contributed by atoms with Gasteiger partial charge in [-0.05, 0) is 18.2 Å². The third kappa shape index (κ3) is 2.38. The van der Waals surface area contributed by atoms with Crippen molar-refractivity contribution in [1.82, 2.24) is 9.55 Å². The summed E-state index contributed by atoms with van der Waals surface area (Å²) >= 11 is 0. The maximum absolute atomic E-state index is 10.7. The number of nitrogens with zero attached hydrogens (tertiary/aromatic N) is 2. The molecule has 0 fully saturated rings. The van der Waals surface area contributed by atoms with Crippen molar-refractivity contribution in [2.24, 2.45) is 13.0 Å². The molecule has 1 aromatic carbocycles. The Hall–Kier alpha value is -2.04. The lowest BCUT2D eigenvalue weighted by atomic mass is 10.2. The third-order valence-corrected chi connectivity index (χ3v) is 2.76. The van der Waals surface area contributed by atoms with Crippen molar-refractivity contribution in [3.63, 3.8) is 0 Å². The number of nitrogens with one attached hydrogen (secondary N) is 1. The van der Waals surface area contributed by atoms with Gasteiger partial charge < -0.3 is 15.0 Å². The first-order valence-electron chi connectivity index (χ1n) is 5.45. The minimum atomic E-state index is -0.795. The summed E-state index contributed by atoms with van der Waals surface area (Å²) in [6.45, 7) is 2.09. The lowest BCUT2D eigenvalue weighted by molar-refractivity contribution is -0.140. The van der Waals surface area contributed by atoms with E-state index in [1.54, 1.807) is 13.3 Å². The van der Waals surface area contributed by atoms with Crippen molar-refractivity contribution >= 4 is 22.7 Å². The van der Waals surface area contributed by atoms with Gasteiger partial charge in [-0.15, -0.1) is 0 Å². The summed E-state index contributed by atoms with van der Waals surface area (Å²) in [5.41, 5.74) is 2.85. The van der Waals surface area contributed by atoms with Crippen molar-refractivity contribution in [2.75, 3.05) is 11.9 Å². The van der Waals surface area contributed by atoms with Gasteiger partial charge in [0.1, 0.15) is 0 Å². The number of imidazole rings is 1. The summed E-state index contributed by atoms with van der Waals surface area (Å²) in [5.74, 6) is -1.20. The first-order chi connectivity index (χ1) is 8.08. The molecule has 90 valence electrons. The predicted molar refractivity (Wildman–Crippen MR) is 66.0 cm³/mol. The number of carbonyl (C=O) groups is 1. The molecule has 0 spiro atoms. The molecule has 1 aromatic heterocycles. The molecular weight excluding hydrogens is 218 g/mol. The molecule has 1 heterocycles. The fraction of sp³-hybridized carbons (Fsp3) is 0.333. The van der Waals surface area contributed by atoms with E-state index in [-0.39, 0.29) is 0 Å². The first kappa shape index (κ1) is 11.4. The summed E-state index contributed by atoms with van der Waals surface area (Å²) in [7, 11) is 1.94. The Bertz CT molecular complexity index is 548. The molecule has 1 atom stereocenters. The second kappa shape index (κ2) is 4.45. The van der Waals surface area contributed by atoms with Crippen molar-refractivity contribution in [2.45, 2.75) is 6.92 Å². The van der Waals surface area contributed by atoms with E-state index in [2.05, 4.69) is 10.3 Å². The summed E-state index contributed by atoms with van der Waals surface area (Å²) in [5, 5.41) is 11.9. The third-order valence-electron chi connectivity index (χ3n) is 2.76. The van der Waals surface area contributed by atoms with E-state index in [1.807, 2.05) is 29.8 Å². The number of rotatable bonds is 4. The zero-order valence-electron chi connectivity index (χ0n) is 9.84. The van der Waals surface area contributed by atoms with Crippen molar-refractivity contribution < 1.29 is 9.90 Å². The molecule has 2 aromatic rings. The molecule has 17 heavy (non-hydrogen) atoms. The Labute approximate surface area is 99.1 Å². The highest BCUT2D eigenvalue weighted by atomic mass is 16.4. The summed E-state index contributed by atoms with van der Waals surface area (Å²) < 4.78 is 1.94. The average Bonchev–Trinajstić information content (AvgIpc) is 2.67. The molecular formula is C12H15N3O2. The van der Waals surface area contributed by atoms with Crippen molar-refractivity contribution in [1.29, 1.82) is 0 Å². The van der Waals surface area contributed by atoms with Crippen LogP contribution in [-0.4, -0.2) is 27.2 Å². The van der Waals surface area contributed by atoms with Gasteiger partial charge in [-0.25, -0.2) is 4.98 Å². The van der Waals surface area contributed by atoms with Crippen LogP contribution in [0.25, 0.3) is 11.0 Å². The van der Waals surface area contributed by atoms with E-state index in [0.29, 0.717) is 6.54 Å². The van der Waals surface area contributed by atoms with Gasteiger partial charge in [0.15, 0.2) is 0 Å². The van der Waals surface area contributed by atoms with E-state index in [9.17, 15) is 4.79 Å². The predicted octanol–water partition coefficient (Wildman–Crippen LogP) is 1.71. The Morgan fingerprint density at radius 1 is 1.59 bits per heavy atom. The molecule has 0 saturated heterocycles. The number of aryl methyl sites for hydroxylation is 1. The Kier molecular flexibility index (Phi) is 2.99. The van der Waals surface area contributed by atoms with E-state index >= 15 is 0 Å². The Morgan fingerprint density at radius 3 is 3.06 bits per heavy atom. The monoisotopic (exact) mass is 233 g/mol. The van der Waals surface area contributed by atoms with Crippen LogP contribution < -0.4 is 5.32 Å². The number of fused-ring (bicyclic) bond motifs is 1. The summed E-state index contributed by atoms with van der Waals surface area (Å²) in [4.78, 5) is 14.9. The Morgan fingerprint density at radius 2 is 2.35 bits per heavy atom. The zero-order chi connectivity index (χ0) is 12.4. The van der Waals surface area contributed by atoms with Crippen LogP contribution in [0.2, 0.25) is 0 Å². The van der Waals surface area contributed by atoms with E-state index in [1.165, 1.54) is 0 Å². The van der Waals surface area contributed by atoms with Crippen LogP contribution in [0.4, 0.5) is 5.69 Å². The van der Waals surface area contributed by atoms with Gasteiger partial charge in [-0.2, -0.15) is 0 Å². The zero-order valence-corrected chi connectivity index (χ0v) is 9.84. The maximum atomic E-state index is 10.7. The minimum absolute atomic E-state index is 0.408. The smallest absolute Gasteiger partial charge is 0.308 e. The molecule has 0 aliphatic heterocycles. The van der Waals surface area contributed by atoms with E-state index < -0.39 is 11.9 Å². The van der Waals surface area contributed by atoms with Crippen molar-refractivity contribution in [3.05, 3.63) is 24.5 Å². The molecule has 5 nitrogen and oxygen atoms in total. The number of carboxylic acid groups (broad SMARTS) is 1. The SMILES string of the molecule is CC(CNc1ccc2c(c1)ncn2C)C(=O)O. The normalized spacial score (nSPS) is 12.6. The number of aliphatic carboxylic acids is 1. The fourth-order valence-corrected chi connectivity index (χ4v) is 1.60. The lowest BCUT2D eigenvalue weighted by Gasteiger charge is -2.09. The van der Waals surface area contributed by atoms with Crippen molar-refractivity contribution in [3.8, 4) is 0 Å². The molecule has 0 amide bonds. The van der Waals surface area contributed by atoms with Crippen LogP contribution in [0.15, 0.2) is 24.5 Å². The van der Waals surface area contributed by atoms with Gasteiger partial charge >= 0.3 is 5.97 Å². The molecule has 0 aliphatic carbocycles. The highest BCUT2D eigenvalue weighted by molar-refractivity contribution is 5.79. The van der Waals surface area contributed by atoms with Crippen LogP contribution in [0.5, 0.6) is 0 Å². The molecule has 0 radical (unpaired) electrons. The molecule has 2 N–H and O–H groups in total. The quantitative estimate of drug-likeness (QED) is 0.843. The second-order valence-corrected chi connectivity index (χ2v) is 4.18. The number of benzene rings is 1. The van der Waals surface area contributed by atoms with Crippen LogP contribution in [0, 0.1) is 5.92 Å². The number of anilines is 1. The van der Waals surface area contributed by atoms with Gasteiger partial charge in [0, 0.05) is 19.3 Å². The van der Waals surface area contributed by atoms with Gasteiger partial charge in [0.25, 0.3) is 0 Å². The topological polar surface area (TPSA) is 67.2 Å². The maximum Gasteiger partial charge on any atom is 0.308 e. The van der Waals surface area contributed by atoms with Crippen LogP contribution in [-0.2, 0) is 11.8 Å². The highest BCUT2D eigenvalue weighted by Crippen LogP contribution is 2.17. The average molecular weight is 233 g/mol. The molecule has 0 aliphatic rings. The molecule has 5 heteroatoms. The fourth-order valence-electron chi connectivity index (χ4n) is 1.60. The number of hydrogen-bond donors (Lipinski definition) is 2. The number of hydrogen-bond acceptors (Lipinski definition) is 3. The summed E-state index contributed by atoms with van der Waals surface area (Å²) in [6.07, 6.45) is 1.76. The molecule has 0 saturated carbocycles. The van der Waals surface area contributed by atoms with Gasteiger partial charge in [-0.1, -0.05) is 6.92 Å². The van der Waals surface area contributed by atoms with E-state index in [0.717, 1.165) is 16.7 Å². The van der Waals surface area contributed by atoms with E-state index in [4.69, 9.17) is 5.11 Å². The second-order valence-electron chi connectivity index (χ2n) is 4.18. The largest absolute Gasteiger partial charge is 0.481 e. The number of aromatic nitrogens is 2. The van der Waals surface area contributed by atoms with Gasteiger partial charge in [-0.3, -0.25) is 4.79 Å². The molecule has 0 bridgehead atoms. The van der Waals surface area contributed by atoms with Gasteiger partial charge in [0.2, 0.25) is 0 Å². The standard InChI is InChI=1S/C12H15N3O2/c1-8(12(16)17)6-13-9-3-4-11-10(5-9)14-7-15(11)2/h3-5,7-8,13H,6H2,1-2H3,(H,16,17). The highest BCUT2D eigenvalue weighted by Gasteiger charge is 2.10. The molecule has 2 rings (SSSR count). The summed E-state index contributed by atoms with van der Waals surface area (Å²) in [6, 6.07) is 5.82. The van der Waals surface area contributed by atoms with Crippen LogP contribution in [0.3, 0.4) is 0 Å². The van der Waals surface area contributed by atoms with Crippen LogP contribution >= 0.6 is 0 Å². The first-order valence-corrected chi connectivity index (χ1v) is 5.45. The lowest BCUT2D eigenvalue weighted by Crippen LogP contribution is -2.19. The Balaban J connectivity index is 2.12. The minimum Gasteiger partial charge on any atom is -0.481 e. The van der Waals surface area contributed by atoms with Crippen LogP contribution in [0.1, 0.15) is 6.92 Å².